The van der Waals surface area contributed by atoms with Crippen LogP contribution in [0.1, 0.15) is 25.1 Å². The number of benzene rings is 1. The Morgan fingerprint density at radius 2 is 2.00 bits per heavy atom. The standard InChI is InChI=1S/C16H19N5O2S/c1-4-5-13-17-14(23-20-13)10-24-16-19-18-15(21(16)2)11-6-8-12(22-3)9-7-11/h6-9H,4-5,10H2,1-3H3. The van der Waals surface area contributed by atoms with Crippen LogP contribution in [0.15, 0.2) is 33.9 Å². The van der Waals surface area contributed by atoms with Crippen molar-refractivity contribution in [3.8, 4) is 17.1 Å². The number of aromatic nitrogens is 5. The van der Waals surface area contributed by atoms with Gasteiger partial charge in [0.25, 0.3) is 0 Å². The monoisotopic (exact) mass is 345 g/mol. The molecule has 0 fully saturated rings. The lowest BCUT2D eigenvalue weighted by Gasteiger charge is -2.04. The van der Waals surface area contributed by atoms with Crippen molar-refractivity contribution in [2.24, 2.45) is 7.05 Å². The SMILES string of the molecule is CCCc1noc(CSc2nnc(-c3ccc(OC)cc3)n2C)n1. The van der Waals surface area contributed by atoms with E-state index >= 15 is 0 Å². The lowest BCUT2D eigenvalue weighted by atomic mass is 10.2. The van der Waals surface area contributed by atoms with Gasteiger partial charge in [0, 0.05) is 19.0 Å². The van der Waals surface area contributed by atoms with Gasteiger partial charge >= 0.3 is 0 Å². The Kier molecular flexibility index (Phi) is 5.14. The third-order valence-corrected chi connectivity index (χ3v) is 4.50. The molecule has 2 aromatic heterocycles. The highest BCUT2D eigenvalue weighted by atomic mass is 32.2. The molecule has 0 aliphatic heterocycles. The molecule has 24 heavy (non-hydrogen) atoms. The number of ether oxygens (including phenoxy) is 1. The molecular weight excluding hydrogens is 326 g/mol. The zero-order chi connectivity index (χ0) is 16.9. The number of thioether (sulfide) groups is 1. The van der Waals surface area contributed by atoms with Gasteiger partial charge in [0.05, 0.1) is 12.9 Å². The van der Waals surface area contributed by atoms with Crippen LogP contribution >= 0.6 is 11.8 Å². The molecule has 3 rings (SSSR count). The third-order valence-electron chi connectivity index (χ3n) is 3.49. The molecule has 0 saturated heterocycles. The predicted octanol–water partition coefficient (Wildman–Crippen LogP) is 3.12. The molecular formula is C16H19N5O2S. The number of nitrogens with zero attached hydrogens (tertiary/aromatic N) is 5. The maximum atomic E-state index is 5.24. The van der Waals surface area contributed by atoms with Gasteiger partial charge in [0.2, 0.25) is 5.89 Å². The first kappa shape index (κ1) is 16.5. The van der Waals surface area contributed by atoms with Gasteiger partial charge in [0.1, 0.15) is 5.75 Å². The average molecular weight is 345 g/mol. The lowest BCUT2D eigenvalue weighted by Crippen LogP contribution is -1.95. The Balaban J connectivity index is 1.69. The smallest absolute Gasteiger partial charge is 0.237 e. The largest absolute Gasteiger partial charge is 0.497 e. The first-order valence-electron chi connectivity index (χ1n) is 7.69. The first-order chi connectivity index (χ1) is 11.7. The van der Waals surface area contributed by atoms with Crippen molar-refractivity contribution in [1.82, 2.24) is 24.9 Å². The predicted molar refractivity (Wildman–Crippen MR) is 90.8 cm³/mol. The summed E-state index contributed by atoms with van der Waals surface area (Å²) in [7, 11) is 3.59. The van der Waals surface area contributed by atoms with Crippen LogP contribution in [0.2, 0.25) is 0 Å². The molecule has 0 saturated carbocycles. The van der Waals surface area contributed by atoms with E-state index in [-0.39, 0.29) is 0 Å². The molecule has 7 nitrogen and oxygen atoms in total. The van der Waals surface area contributed by atoms with Crippen molar-refractivity contribution < 1.29 is 9.26 Å². The number of hydrogen-bond donors (Lipinski definition) is 0. The molecule has 0 atom stereocenters. The van der Waals surface area contributed by atoms with Gasteiger partial charge in [-0.2, -0.15) is 4.98 Å². The third kappa shape index (κ3) is 3.59. The molecule has 0 radical (unpaired) electrons. The zero-order valence-corrected chi connectivity index (χ0v) is 14.7. The topological polar surface area (TPSA) is 78.9 Å². The van der Waals surface area contributed by atoms with Gasteiger partial charge in [-0.3, -0.25) is 0 Å². The summed E-state index contributed by atoms with van der Waals surface area (Å²) in [6.07, 6.45) is 1.83. The van der Waals surface area contributed by atoms with Crippen molar-refractivity contribution >= 4 is 11.8 Å². The van der Waals surface area contributed by atoms with E-state index in [4.69, 9.17) is 9.26 Å². The highest BCUT2D eigenvalue weighted by Gasteiger charge is 2.13. The molecule has 1 aromatic carbocycles. The first-order valence-corrected chi connectivity index (χ1v) is 8.68. The average Bonchev–Trinajstić information content (AvgIpc) is 3.20. The van der Waals surface area contributed by atoms with E-state index in [2.05, 4.69) is 27.3 Å². The van der Waals surface area contributed by atoms with Crippen LogP contribution in [0.5, 0.6) is 5.75 Å². The summed E-state index contributed by atoms with van der Waals surface area (Å²) < 4.78 is 12.4. The number of hydrogen-bond acceptors (Lipinski definition) is 7. The summed E-state index contributed by atoms with van der Waals surface area (Å²) in [5, 5.41) is 13.3. The van der Waals surface area contributed by atoms with E-state index in [9.17, 15) is 0 Å². The molecule has 2 heterocycles. The molecule has 0 amide bonds. The second-order valence-corrected chi connectivity index (χ2v) is 6.18. The van der Waals surface area contributed by atoms with Crippen LogP contribution in [0.25, 0.3) is 11.4 Å². The Morgan fingerprint density at radius 3 is 2.71 bits per heavy atom. The normalized spacial score (nSPS) is 11.0. The summed E-state index contributed by atoms with van der Waals surface area (Å²) in [6.45, 7) is 2.09. The van der Waals surface area contributed by atoms with Crippen LogP contribution in [-0.2, 0) is 19.2 Å². The number of aryl methyl sites for hydroxylation is 1. The fraction of sp³-hybridized carbons (Fsp3) is 0.375. The number of rotatable bonds is 7. The van der Waals surface area contributed by atoms with Crippen molar-refractivity contribution in [1.29, 1.82) is 0 Å². The van der Waals surface area contributed by atoms with E-state index < -0.39 is 0 Å². The zero-order valence-electron chi connectivity index (χ0n) is 13.9. The molecule has 0 N–H and O–H groups in total. The summed E-state index contributed by atoms with van der Waals surface area (Å²) >= 11 is 1.52. The van der Waals surface area contributed by atoms with Crippen LogP contribution < -0.4 is 4.74 Å². The summed E-state index contributed by atoms with van der Waals surface area (Å²) in [5.74, 6) is 3.56. The molecule has 0 aliphatic rings. The van der Waals surface area contributed by atoms with Crippen molar-refractivity contribution in [2.45, 2.75) is 30.7 Å². The summed E-state index contributed by atoms with van der Waals surface area (Å²) in [4.78, 5) is 4.36. The van der Waals surface area contributed by atoms with Crippen LogP contribution in [-0.4, -0.2) is 32.0 Å². The van der Waals surface area contributed by atoms with Crippen LogP contribution in [0.3, 0.4) is 0 Å². The Hall–Kier alpha value is -2.35. The van der Waals surface area contributed by atoms with Gasteiger partial charge in [-0.05, 0) is 30.7 Å². The van der Waals surface area contributed by atoms with E-state index in [1.54, 1.807) is 7.11 Å². The molecule has 0 spiro atoms. The maximum Gasteiger partial charge on any atom is 0.237 e. The van der Waals surface area contributed by atoms with Gasteiger partial charge in [0.15, 0.2) is 16.8 Å². The van der Waals surface area contributed by atoms with Crippen molar-refractivity contribution in [2.75, 3.05) is 7.11 Å². The van der Waals surface area contributed by atoms with E-state index in [1.165, 1.54) is 11.8 Å². The van der Waals surface area contributed by atoms with Gasteiger partial charge in [-0.25, -0.2) is 0 Å². The highest BCUT2D eigenvalue weighted by Crippen LogP contribution is 2.26. The Labute approximate surface area is 144 Å². The minimum absolute atomic E-state index is 0.575. The fourth-order valence-electron chi connectivity index (χ4n) is 2.23. The Morgan fingerprint density at radius 1 is 1.21 bits per heavy atom. The van der Waals surface area contributed by atoms with Crippen molar-refractivity contribution in [3.63, 3.8) is 0 Å². The van der Waals surface area contributed by atoms with E-state index in [1.807, 2.05) is 35.9 Å². The second kappa shape index (κ2) is 7.48. The molecule has 0 bridgehead atoms. The molecule has 0 aliphatic carbocycles. The van der Waals surface area contributed by atoms with Gasteiger partial charge < -0.3 is 13.8 Å². The summed E-state index contributed by atoms with van der Waals surface area (Å²) in [6, 6.07) is 7.74. The molecule has 8 heteroatoms. The summed E-state index contributed by atoms with van der Waals surface area (Å²) in [5.41, 5.74) is 0.987. The maximum absolute atomic E-state index is 5.24. The van der Waals surface area contributed by atoms with Gasteiger partial charge in [-0.15, -0.1) is 10.2 Å². The van der Waals surface area contributed by atoms with Crippen molar-refractivity contribution in [3.05, 3.63) is 36.0 Å². The number of methoxy groups -OCH3 is 1. The minimum Gasteiger partial charge on any atom is -0.497 e. The Bertz CT molecular complexity index is 797. The van der Waals surface area contributed by atoms with Crippen LogP contribution in [0.4, 0.5) is 0 Å². The lowest BCUT2D eigenvalue weighted by molar-refractivity contribution is 0.384. The van der Waals surface area contributed by atoms with E-state index in [0.717, 1.165) is 41.0 Å². The minimum atomic E-state index is 0.575. The molecule has 3 aromatic rings. The molecule has 126 valence electrons. The molecule has 0 unspecified atom stereocenters. The second-order valence-electron chi connectivity index (χ2n) is 5.24. The van der Waals surface area contributed by atoms with Gasteiger partial charge in [-0.1, -0.05) is 23.8 Å². The van der Waals surface area contributed by atoms with Crippen LogP contribution in [0, 0.1) is 0 Å². The van der Waals surface area contributed by atoms with E-state index in [0.29, 0.717) is 11.6 Å². The quantitative estimate of drug-likeness (QED) is 0.609. The highest BCUT2D eigenvalue weighted by molar-refractivity contribution is 7.98. The fourth-order valence-corrected chi connectivity index (χ4v) is 2.98.